The van der Waals surface area contributed by atoms with Crippen LogP contribution in [0.15, 0.2) is 18.2 Å². The molecule has 5 nitrogen and oxygen atoms in total. The fraction of sp³-hybridized carbons (Fsp3) is 0.647. The predicted octanol–water partition coefficient (Wildman–Crippen LogP) is 1.75. The van der Waals surface area contributed by atoms with Crippen LogP contribution < -0.4 is 4.74 Å². The van der Waals surface area contributed by atoms with Crippen LogP contribution >= 0.6 is 0 Å². The maximum absolute atomic E-state index is 10.3. The van der Waals surface area contributed by atoms with Crippen molar-refractivity contribution in [2.24, 2.45) is 5.41 Å². The van der Waals surface area contributed by atoms with Gasteiger partial charge in [0.05, 0.1) is 19.8 Å². The summed E-state index contributed by atoms with van der Waals surface area (Å²) in [6.07, 6.45) is 1.98. The fourth-order valence-electron chi connectivity index (χ4n) is 3.45. The molecule has 1 aliphatic rings. The Balaban J connectivity index is 2.08. The third kappa shape index (κ3) is 3.54. The number of hydrogen-bond donors (Lipinski definition) is 3. The lowest BCUT2D eigenvalue weighted by Gasteiger charge is -2.45. The normalized spacial score (nSPS) is 26.1. The van der Waals surface area contributed by atoms with E-state index in [1.54, 1.807) is 12.1 Å². The Labute approximate surface area is 132 Å². The standard InChI is InChI=1S/C17H27NO4/c1-3-7-17(12-19)11-18(8-6-16(17)21)10-13-4-5-15(22-2)14(20)9-13/h4-5,9,16,19-21H,3,6-8,10-12H2,1-2H3/t16-,17-/m0/s1. The summed E-state index contributed by atoms with van der Waals surface area (Å²) in [7, 11) is 1.53. The molecule has 0 spiro atoms. The van der Waals surface area contributed by atoms with Gasteiger partial charge in [0.25, 0.3) is 0 Å². The smallest absolute Gasteiger partial charge is 0.160 e. The molecule has 1 saturated heterocycles. The Hall–Kier alpha value is -1.30. The average Bonchev–Trinajstić information content (AvgIpc) is 2.51. The first-order chi connectivity index (χ1) is 10.5. The Morgan fingerprint density at radius 2 is 2.18 bits per heavy atom. The molecule has 124 valence electrons. The van der Waals surface area contributed by atoms with Gasteiger partial charge in [-0.15, -0.1) is 0 Å². The Kier molecular flexibility index (Phi) is 5.67. The largest absolute Gasteiger partial charge is 0.504 e. The van der Waals surface area contributed by atoms with Crippen LogP contribution in [-0.2, 0) is 6.54 Å². The Morgan fingerprint density at radius 3 is 2.77 bits per heavy atom. The van der Waals surface area contributed by atoms with Gasteiger partial charge >= 0.3 is 0 Å². The summed E-state index contributed by atoms with van der Waals surface area (Å²) in [5.74, 6) is 0.604. The summed E-state index contributed by atoms with van der Waals surface area (Å²) in [6.45, 7) is 4.23. The predicted molar refractivity (Wildman–Crippen MR) is 85.0 cm³/mol. The van der Waals surface area contributed by atoms with Crippen LogP contribution in [0, 0.1) is 5.41 Å². The molecule has 22 heavy (non-hydrogen) atoms. The number of phenolic OH excluding ortho intramolecular Hbond substituents is 1. The number of ether oxygens (including phenoxy) is 1. The van der Waals surface area contributed by atoms with Gasteiger partial charge in [0, 0.05) is 25.0 Å². The number of hydrogen-bond acceptors (Lipinski definition) is 5. The van der Waals surface area contributed by atoms with Gasteiger partial charge in [0.15, 0.2) is 11.5 Å². The molecule has 0 bridgehead atoms. The van der Waals surface area contributed by atoms with E-state index < -0.39 is 11.5 Å². The van der Waals surface area contributed by atoms with Crippen LogP contribution in [-0.4, -0.2) is 53.1 Å². The maximum atomic E-state index is 10.3. The van der Waals surface area contributed by atoms with Crippen molar-refractivity contribution in [3.8, 4) is 11.5 Å². The van der Waals surface area contributed by atoms with E-state index in [1.165, 1.54) is 7.11 Å². The minimum absolute atomic E-state index is 0.00632. The van der Waals surface area contributed by atoms with Crippen molar-refractivity contribution < 1.29 is 20.1 Å². The van der Waals surface area contributed by atoms with E-state index in [-0.39, 0.29) is 12.4 Å². The highest BCUT2D eigenvalue weighted by molar-refractivity contribution is 5.41. The number of phenols is 1. The van der Waals surface area contributed by atoms with Crippen molar-refractivity contribution in [1.82, 2.24) is 4.90 Å². The van der Waals surface area contributed by atoms with Crippen molar-refractivity contribution >= 4 is 0 Å². The van der Waals surface area contributed by atoms with E-state index in [2.05, 4.69) is 11.8 Å². The first-order valence-corrected chi connectivity index (χ1v) is 7.92. The van der Waals surface area contributed by atoms with Gasteiger partial charge in [-0.1, -0.05) is 19.4 Å². The molecule has 0 unspecified atom stereocenters. The molecule has 1 aromatic carbocycles. The molecular weight excluding hydrogens is 282 g/mol. The highest BCUT2D eigenvalue weighted by atomic mass is 16.5. The molecule has 2 atom stereocenters. The van der Waals surface area contributed by atoms with E-state index in [9.17, 15) is 15.3 Å². The van der Waals surface area contributed by atoms with Crippen LogP contribution in [0.25, 0.3) is 0 Å². The molecule has 1 heterocycles. The fourth-order valence-corrected chi connectivity index (χ4v) is 3.45. The molecular formula is C17H27NO4. The number of methoxy groups -OCH3 is 1. The van der Waals surface area contributed by atoms with Crippen molar-refractivity contribution in [1.29, 1.82) is 0 Å². The molecule has 1 fully saturated rings. The highest BCUT2D eigenvalue weighted by Gasteiger charge is 2.41. The second-order valence-electron chi connectivity index (χ2n) is 6.29. The zero-order valence-corrected chi connectivity index (χ0v) is 13.5. The monoisotopic (exact) mass is 309 g/mol. The number of rotatable bonds is 6. The van der Waals surface area contributed by atoms with Gasteiger partial charge in [0.1, 0.15) is 0 Å². The first-order valence-electron chi connectivity index (χ1n) is 7.92. The minimum atomic E-state index is -0.446. The Morgan fingerprint density at radius 1 is 1.41 bits per heavy atom. The summed E-state index contributed by atoms with van der Waals surface area (Å²) in [5.41, 5.74) is 0.569. The van der Waals surface area contributed by atoms with E-state index >= 15 is 0 Å². The van der Waals surface area contributed by atoms with E-state index in [0.717, 1.165) is 24.9 Å². The molecule has 0 aromatic heterocycles. The van der Waals surface area contributed by atoms with Gasteiger partial charge in [-0.25, -0.2) is 0 Å². The molecule has 0 aliphatic carbocycles. The summed E-state index contributed by atoms with van der Waals surface area (Å²) in [6, 6.07) is 5.41. The van der Waals surface area contributed by atoms with Crippen LogP contribution in [0.4, 0.5) is 0 Å². The van der Waals surface area contributed by atoms with Gasteiger partial charge < -0.3 is 20.1 Å². The topological polar surface area (TPSA) is 73.2 Å². The number of benzene rings is 1. The van der Waals surface area contributed by atoms with E-state index in [0.29, 0.717) is 25.3 Å². The molecule has 1 aliphatic heterocycles. The maximum Gasteiger partial charge on any atom is 0.160 e. The van der Waals surface area contributed by atoms with Crippen LogP contribution in [0.3, 0.4) is 0 Å². The summed E-state index contributed by atoms with van der Waals surface area (Å²) >= 11 is 0. The van der Waals surface area contributed by atoms with Crippen molar-refractivity contribution in [2.45, 2.75) is 38.8 Å². The number of nitrogens with zero attached hydrogens (tertiary/aromatic N) is 1. The zero-order chi connectivity index (χ0) is 16.2. The van der Waals surface area contributed by atoms with Crippen LogP contribution in [0.2, 0.25) is 0 Å². The molecule has 3 N–H and O–H groups in total. The summed E-state index contributed by atoms with van der Waals surface area (Å²) in [5, 5.41) is 30.0. The molecule has 0 saturated carbocycles. The zero-order valence-electron chi connectivity index (χ0n) is 13.5. The first kappa shape index (κ1) is 17.1. The Bertz CT molecular complexity index is 494. The molecule has 0 amide bonds. The number of likely N-dealkylation sites (tertiary alicyclic amines) is 1. The number of aliphatic hydroxyl groups excluding tert-OH is 2. The van der Waals surface area contributed by atoms with E-state index in [4.69, 9.17) is 4.74 Å². The third-order valence-corrected chi connectivity index (χ3v) is 4.68. The number of aromatic hydroxyl groups is 1. The van der Waals surface area contributed by atoms with E-state index in [1.807, 2.05) is 6.07 Å². The second kappa shape index (κ2) is 7.31. The van der Waals surface area contributed by atoms with Gasteiger partial charge in [0.2, 0.25) is 0 Å². The van der Waals surface area contributed by atoms with Gasteiger partial charge in [-0.05, 0) is 30.5 Å². The lowest BCUT2D eigenvalue weighted by molar-refractivity contribution is -0.0819. The lowest BCUT2D eigenvalue weighted by Crippen LogP contribution is -2.53. The van der Waals surface area contributed by atoms with Crippen molar-refractivity contribution in [2.75, 3.05) is 26.8 Å². The number of piperidine rings is 1. The van der Waals surface area contributed by atoms with Crippen molar-refractivity contribution in [3.05, 3.63) is 23.8 Å². The second-order valence-corrected chi connectivity index (χ2v) is 6.29. The SMILES string of the molecule is CCC[C@@]1(CO)CN(Cc2ccc(OC)c(O)c2)CC[C@@H]1O. The quantitative estimate of drug-likeness (QED) is 0.746. The van der Waals surface area contributed by atoms with Crippen LogP contribution in [0.5, 0.6) is 11.5 Å². The molecule has 1 aromatic rings. The minimum Gasteiger partial charge on any atom is -0.504 e. The molecule has 2 rings (SSSR count). The van der Waals surface area contributed by atoms with Crippen LogP contribution in [0.1, 0.15) is 31.7 Å². The highest BCUT2D eigenvalue weighted by Crippen LogP contribution is 2.35. The third-order valence-electron chi connectivity index (χ3n) is 4.68. The van der Waals surface area contributed by atoms with Crippen molar-refractivity contribution in [3.63, 3.8) is 0 Å². The molecule has 5 heteroatoms. The van der Waals surface area contributed by atoms with Gasteiger partial charge in [-0.2, -0.15) is 0 Å². The molecule has 0 radical (unpaired) electrons. The van der Waals surface area contributed by atoms with Gasteiger partial charge in [-0.3, -0.25) is 4.90 Å². The number of aliphatic hydroxyl groups is 2. The lowest BCUT2D eigenvalue weighted by atomic mass is 9.74. The average molecular weight is 309 g/mol. The summed E-state index contributed by atoms with van der Waals surface area (Å²) in [4.78, 5) is 2.24. The summed E-state index contributed by atoms with van der Waals surface area (Å²) < 4.78 is 5.06.